The Hall–Kier alpha value is -2.84. The Morgan fingerprint density at radius 2 is 1.93 bits per heavy atom. The largest absolute Gasteiger partial charge is 0.378 e. The Kier molecular flexibility index (Phi) is 4.82. The number of rotatable bonds is 3. The molecular formula is C19H19ClN4O4. The molecule has 28 heavy (non-hydrogen) atoms. The quantitative estimate of drug-likeness (QED) is 0.715. The third-order valence-electron chi connectivity index (χ3n) is 4.97. The van der Waals surface area contributed by atoms with Gasteiger partial charge in [0.1, 0.15) is 6.54 Å². The number of pyridine rings is 1. The maximum atomic E-state index is 13.0. The number of nitrogens with one attached hydrogen (secondary N) is 1. The Balaban J connectivity index is 1.79. The first kappa shape index (κ1) is 18.5. The fraction of sp³-hybridized carbons (Fsp3) is 0.316. The van der Waals surface area contributed by atoms with Crippen LogP contribution in [0.3, 0.4) is 0 Å². The number of carbonyl (C=O) groups is 1. The summed E-state index contributed by atoms with van der Waals surface area (Å²) in [5.41, 5.74) is 0.666. The Labute approximate surface area is 164 Å². The number of benzene rings is 1. The molecule has 8 nitrogen and oxygen atoms in total. The number of halogens is 1. The molecule has 0 spiro atoms. The van der Waals surface area contributed by atoms with Crippen molar-refractivity contribution in [3.8, 4) is 5.69 Å². The number of para-hydroxylation sites is 1. The number of amides is 1. The highest BCUT2D eigenvalue weighted by Crippen LogP contribution is 2.20. The molecule has 0 bridgehead atoms. The maximum Gasteiger partial charge on any atom is 0.280 e. The van der Waals surface area contributed by atoms with Gasteiger partial charge in [0.05, 0.1) is 34.8 Å². The number of fused-ring (bicyclic) bond motifs is 1. The summed E-state index contributed by atoms with van der Waals surface area (Å²) < 4.78 is 7.91. The number of hydrogen-bond donors (Lipinski definition) is 1. The maximum absolute atomic E-state index is 13.0. The molecule has 0 saturated carbocycles. The molecule has 1 amide bonds. The van der Waals surface area contributed by atoms with Crippen LogP contribution in [-0.4, -0.2) is 51.5 Å². The lowest BCUT2D eigenvalue weighted by Gasteiger charge is -2.27. The van der Waals surface area contributed by atoms with Crippen LogP contribution in [0.1, 0.15) is 5.69 Å². The number of hydrogen-bond acceptors (Lipinski definition) is 4. The highest BCUT2D eigenvalue weighted by atomic mass is 35.5. The third-order valence-corrected chi connectivity index (χ3v) is 5.29. The number of carbonyl (C=O) groups excluding carboxylic acids is 1. The van der Waals surface area contributed by atoms with Gasteiger partial charge in [-0.3, -0.25) is 19.5 Å². The molecule has 1 aromatic carbocycles. The average Bonchev–Trinajstić information content (AvgIpc) is 3.02. The molecule has 0 radical (unpaired) electrons. The van der Waals surface area contributed by atoms with Crippen LogP contribution in [0.5, 0.6) is 0 Å². The summed E-state index contributed by atoms with van der Waals surface area (Å²) in [6, 6.07) is 8.27. The van der Waals surface area contributed by atoms with E-state index in [1.807, 2.05) is 0 Å². The number of aromatic nitrogens is 3. The summed E-state index contributed by atoms with van der Waals surface area (Å²) in [4.78, 5) is 39.8. The van der Waals surface area contributed by atoms with Crippen molar-refractivity contribution in [3.05, 3.63) is 61.8 Å². The topological polar surface area (TPSA) is 89.3 Å². The van der Waals surface area contributed by atoms with Crippen molar-refractivity contribution in [2.75, 3.05) is 26.3 Å². The zero-order valence-electron chi connectivity index (χ0n) is 15.3. The van der Waals surface area contributed by atoms with E-state index in [0.717, 1.165) is 0 Å². The number of ether oxygens (including phenoxy) is 1. The lowest BCUT2D eigenvalue weighted by Crippen LogP contribution is -2.43. The SMILES string of the molecule is Cc1c2c(=O)n(-c3ccccc3Cl)[nH]c2cc(=O)n1CC(=O)N1CCOCC1. The van der Waals surface area contributed by atoms with Gasteiger partial charge in [0.15, 0.2) is 0 Å². The lowest BCUT2D eigenvalue weighted by molar-refractivity contribution is -0.135. The van der Waals surface area contributed by atoms with Crippen molar-refractivity contribution in [3.63, 3.8) is 0 Å². The molecule has 1 fully saturated rings. The van der Waals surface area contributed by atoms with Crippen molar-refractivity contribution in [1.29, 1.82) is 0 Å². The van der Waals surface area contributed by atoms with Gasteiger partial charge in [0, 0.05) is 24.8 Å². The predicted octanol–water partition coefficient (Wildman–Crippen LogP) is 1.30. The van der Waals surface area contributed by atoms with E-state index in [-0.39, 0.29) is 23.6 Å². The second-order valence-electron chi connectivity index (χ2n) is 6.64. The van der Waals surface area contributed by atoms with Gasteiger partial charge in [-0.25, -0.2) is 4.68 Å². The van der Waals surface area contributed by atoms with Crippen molar-refractivity contribution in [2.45, 2.75) is 13.5 Å². The van der Waals surface area contributed by atoms with Gasteiger partial charge in [-0.05, 0) is 19.1 Å². The predicted molar refractivity (Wildman–Crippen MR) is 105 cm³/mol. The summed E-state index contributed by atoms with van der Waals surface area (Å²) in [5.74, 6) is -0.171. The van der Waals surface area contributed by atoms with E-state index in [1.165, 1.54) is 15.3 Å². The van der Waals surface area contributed by atoms with Crippen LogP contribution < -0.4 is 11.1 Å². The normalized spacial score (nSPS) is 14.6. The van der Waals surface area contributed by atoms with E-state index in [9.17, 15) is 14.4 Å². The van der Waals surface area contributed by atoms with Gasteiger partial charge in [0.25, 0.3) is 11.1 Å². The molecule has 1 saturated heterocycles. The average molecular weight is 403 g/mol. The molecule has 0 aliphatic carbocycles. The molecular weight excluding hydrogens is 384 g/mol. The second kappa shape index (κ2) is 7.29. The number of nitrogens with zero attached hydrogens (tertiary/aromatic N) is 3. The molecule has 0 unspecified atom stereocenters. The highest BCUT2D eigenvalue weighted by molar-refractivity contribution is 6.32. The summed E-state index contributed by atoms with van der Waals surface area (Å²) in [6.45, 7) is 3.52. The number of aromatic amines is 1. The third kappa shape index (κ3) is 3.14. The molecule has 0 atom stereocenters. The van der Waals surface area contributed by atoms with Gasteiger partial charge in [-0.2, -0.15) is 0 Å². The smallest absolute Gasteiger partial charge is 0.280 e. The fourth-order valence-electron chi connectivity index (χ4n) is 3.46. The van der Waals surface area contributed by atoms with Gasteiger partial charge >= 0.3 is 0 Å². The highest BCUT2D eigenvalue weighted by Gasteiger charge is 2.21. The minimum atomic E-state index is -0.348. The van der Waals surface area contributed by atoms with Gasteiger partial charge in [0.2, 0.25) is 5.91 Å². The van der Waals surface area contributed by atoms with Crippen molar-refractivity contribution < 1.29 is 9.53 Å². The Bertz CT molecular complexity index is 1170. The first-order valence-electron chi connectivity index (χ1n) is 8.93. The van der Waals surface area contributed by atoms with Gasteiger partial charge < -0.3 is 14.2 Å². The minimum Gasteiger partial charge on any atom is -0.378 e. The van der Waals surface area contributed by atoms with E-state index in [2.05, 4.69) is 5.10 Å². The Morgan fingerprint density at radius 3 is 2.64 bits per heavy atom. The monoisotopic (exact) mass is 402 g/mol. The zero-order chi connectivity index (χ0) is 19.8. The van der Waals surface area contributed by atoms with Crippen LogP contribution >= 0.6 is 11.6 Å². The van der Waals surface area contributed by atoms with Crippen molar-refractivity contribution >= 4 is 28.4 Å². The number of H-pyrrole nitrogens is 1. The fourth-order valence-corrected chi connectivity index (χ4v) is 3.68. The van der Waals surface area contributed by atoms with Gasteiger partial charge in [-0.1, -0.05) is 23.7 Å². The van der Waals surface area contributed by atoms with Crippen LogP contribution in [0.15, 0.2) is 39.9 Å². The van der Waals surface area contributed by atoms with E-state index in [1.54, 1.807) is 36.1 Å². The van der Waals surface area contributed by atoms with Crippen molar-refractivity contribution in [1.82, 2.24) is 19.2 Å². The second-order valence-corrected chi connectivity index (χ2v) is 7.05. The molecule has 3 aromatic rings. The van der Waals surface area contributed by atoms with Crippen LogP contribution in [0.4, 0.5) is 0 Å². The molecule has 1 aliphatic heterocycles. The molecule has 146 valence electrons. The zero-order valence-corrected chi connectivity index (χ0v) is 16.0. The van der Waals surface area contributed by atoms with E-state index < -0.39 is 0 Å². The molecule has 3 heterocycles. The first-order valence-corrected chi connectivity index (χ1v) is 9.31. The number of aryl methyl sites for hydroxylation is 1. The van der Waals surface area contributed by atoms with E-state index in [4.69, 9.17) is 16.3 Å². The summed E-state index contributed by atoms with van der Waals surface area (Å²) in [5, 5.41) is 3.71. The first-order chi connectivity index (χ1) is 13.5. The molecule has 9 heteroatoms. The molecule has 2 aromatic heterocycles. The van der Waals surface area contributed by atoms with Crippen LogP contribution in [0.2, 0.25) is 5.02 Å². The lowest BCUT2D eigenvalue weighted by atomic mass is 10.2. The standard InChI is InChI=1S/C19H19ClN4O4/c1-12-18-14(21-24(19(18)27)15-5-3-2-4-13(15)20)10-16(25)23(12)11-17(26)22-6-8-28-9-7-22/h2-5,10,21H,6-9,11H2,1H3. The summed E-state index contributed by atoms with van der Waals surface area (Å²) >= 11 is 6.21. The summed E-state index contributed by atoms with van der Waals surface area (Å²) in [7, 11) is 0. The van der Waals surface area contributed by atoms with E-state index in [0.29, 0.717) is 53.6 Å². The van der Waals surface area contributed by atoms with Crippen LogP contribution in [0, 0.1) is 6.92 Å². The number of morpholine rings is 1. The van der Waals surface area contributed by atoms with Gasteiger partial charge in [-0.15, -0.1) is 0 Å². The van der Waals surface area contributed by atoms with Crippen LogP contribution in [-0.2, 0) is 16.1 Å². The summed E-state index contributed by atoms with van der Waals surface area (Å²) in [6.07, 6.45) is 0. The van der Waals surface area contributed by atoms with Crippen LogP contribution in [0.25, 0.3) is 16.6 Å². The molecule has 4 rings (SSSR count). The van der Waals surface area contributed by atoms with E-state index >= 15 is 0 Å². The molecule has 1 N–H and O–H groups in total. The van der Waals surface area contributed by atoms with Crippen molar-refractivity contribution in [2.24, 2.45) is 0 Å². The minimum absolute atomic E-state index is 0.114. The Morgan fingerprint density at radius 1 is 1.21 bits per heavy atom. The molecule has 1 aliphatic rings.